The Kier molecular flexibility index (Phi) is 4.65. The van der Waals surface area contributed by atoms with Gasteiger partial charge in [-0.1, -0.05) is 34.8 Å². The number of carbonyl (C=O) groups excluding carboxylic acids is 1. The first-order valence-electron chi connectivity index (χ1n) is 5.34. The Bertz CT molecular complexity index is 664. The van der Waals surface area contributed by atoms with Crippen molar-refractivity contribution in [1.82, 2.24) is 9.97 Å². The summed E-state index contributed by atoms with van der Waals surface area (Å²) in [6.45, 7) is 0. The van der Waals surface area contributed by atoms with E-state index in [1.165, 1.54) is 25.3 Å². The van der Waals surface area contributed by atoms with Crippen molar-refractivity contribution in [2.24, 2.45) is 0 Å². The molecule has 0 radical (unpaired) electrons. The first kappa shape index (κ1) is 14.8. The predicted octanol–water partition coefficient (Wildman–Crippen LogP) is 3.70. The smallest absolute Gasteiger partial charge is 0.259 e. The Balaban J connectivity index is 2.25. The van der Waals surface area contributed by atoms with E-state index in [9.17, 15) is 4.79 Å². The van der Waals surface area contributed by atoms with Crippen molar-refractivity contribution >= 4 is 46.7 Å². The first-order valence-corrected chi connectivity index (χ1v) is 6.48. The molecular formula is C12H8Cl3N3O2. The number of aromatic nitrogens is 2. The molecule has 1 amide bonds. The van der Waals surface area contributed by atoms with Crippen LogP contribution in [0.1, 0.15) is 10.4 Å². The van der Waals surface area contributed by atoms with Crippen LogP contribution in [0, 0.1) is 0 Å². The number of nitrogens with zero attached hydrogens (tertiary/aromatic N) is 2. The van der Waals surface area contributed by atoms with Crippen molar-refractivity contribution in [2.45, 2.75) is 0 Å². The minimum absolute atomic E-state index is 0.0189. The Hall–Kier alpha value is -1.56. The molecule has 0 aliphatic carbocycles. The zero-order valence-electron chi connectivity index (χ0n) is 10.2. The van der Waals surface area contributed by atoms with Crippen molar-refractivity contribution in [3.63, 3.8) is 0 Å². The van der Waals surface area contributed by atoms with E-state index in [0.29, 0.717) is 5.02 Å². The molecule has 0 saturated carbocycles. The average molecular weight is 333 g/mol. The van der Waals surface area contributed by atoms with Crippen LogP contribution in [0.5, 0.6) is 5.88 Å². The monoisotopic (exact) mass is 331 g/mol. The fourth-order valence-electron chi connectivity index (χ4n) is 1.40. The van der Waals surface area contributed by atoms with Gasteiger partial charge >= 0.3 is 0 Å². The second-order valence-corrected chi connectivity index (χ2v) is 4.87. The summed E-state index contributed by atoms with van der Waals surface area (Å²) in [5.41, 5.74) is 0.249. The van der Waals surface area contributed by atoms with Crippen LogP contribution in [0.15, 0.2) is 24.3 Å². The molecule has 0 aliphatic heterocycles. The lowest BCUT2D eigenvalue weighted by atomic mass is 10.2. The quantitative estimate of drug-likeness (QED) is 0.871. The highest BCUT2D eigenvalue weighted by molar-refractivity contribution is 6.37. The van der Waals surface area contributed by atoms with Crippen LogP contribution < -0.4 is 10.1 Å². The van der Waals surface area contributed by atoms with E-state index in [-0.39, 0.29) is 27.6 Å². The normalized spacial score (nSPS) is 10.2. The standard InChI is InChI=1S/C12H8Cl3N3O2/c1-20-10-5-9(15)16-12(17-10)18-11(19)7-3-2-6(13)4-8(7)14/h2-5H,1H3,(H,16,17,18,19). The third-order valence-corrected chi connectivity index (χ3v) is 3.02. The number of halogens is 3. The highest BCUT2D eigenvalue weighted by Crippen LogP contribution is 2.22. The average Bonchev–Trinajstić information content (AvgIpc) is 2.37. The molecule has 0 unspecified atom stereocenters. The summed E-state index contributed by atoms with van der Waals surface area (Å²) in [5.74, 6) is -0.219. The van der Waals surface area contributed by atoms with E-state index in [0.717, 1.165) is 0 Å². The van der Waals surface area contributed by atoms with Crippen molar-refractivity contribution in [3.8, 4) is 5.88 Å². The summed E-state index contributed by atoms with van der Waals surface area (Å²) >= 11 is 17.5. The molecular weight excluding hydrogens is 325 g/mol. The van der Waals surface area contributed by atoms with Gasteiger partial charge in [-0.3, -0.25) is 10.1 Å². The van der Waals surface area contributed by atoms with Gasteiger partial charge in [-0.15, -0.1) is 0 Å². The fraction of sp³-hybridized carbons (Fsp3) is 0.0833. The molecule has 8 heteroatoms. The molecule has 104 valence electrons. The maximum Gasteiger partial charge on any atom is 0.259 e. The molecule has 0 bridgehead atoms. The molecule has 20 heavy (non-hydrogen) atoms. The van der Waals surface area contributed by atoms with Crippen LogP contribution in [0.2, 0.25) is 15.2 Å². The SMILES string of the molecule is COc1cc(Cl)nc(NC(=O)c2ccc(Cl)cc2Cl)n1. The zero-order valence-corrected chi connectivity index (χ0v) is 12.4. The third kappa shape index (κ3) is 3.50. The molecule has 1 aromatic carbocycles. The maximum atomic E-state index is 12.1. The second-order valence-electron chi connectivity index (χ2n) is 3.63. The second kappa shape index (κ2) is 6.26. The van der Waals surface area contributed by atoms with Gasteiger partial charge in [0, 0.05) is 11.1 Å². The van der Waals surface area contributed by atoms with Crippen LogP contribution in [0.25, 0.3) is 0 Å². The van der Waals surface area contributed by atoms with Crippen LogP contribution in [-0.4, -0.2) is 23.0 Å². The van der Waals surface area contributed by atoms with Gasteiger partial charge in [0.2, 0.25) is 11.8 Å². The molecule has 0 atom stereocenters. The summed E-state index contributed by atoms with van der Waals surface area (Å²) in [6, 6.07) is 5.95. The molecule has 0 fully saturated rings. The molecule has 1 N–H and O–H groups in total. The van der Waals surface area contributed by atoms with Crippen LogP contribution in [-0.2, 0) is 0 Å². The Morgan fingerprint density at radius 1 is 1.20 bits per heavy atom. The molecule has 0 spiro atoms. The molecule has 5 nitrogen and oxygen atoms in total. The molecule has 1 aromatic heterocycles. The minimum Gasteiger partial charge on any atom is -0.481 e. The number of hydrogen-bond acceptors (Lipinski definition) is 4. The van der Waals surface area contributed by atoms with Crippen LogP contribution in [0.3, 0.4) is 0 Å². The molecule has 2 rings (SSSR count). The third-order valence-electron chi connectivity index (χ3n) is 2.28. The molecule has 2 aromatic rings. The topological polar surface area (TPSA) is 64.1 Å². The summed E-state index contributed by atoms with van der Waals surface area (Å²) in [7, 11) is 1.43. The van der Waals surface area contributed by atoms with Crippen LogP contribution >= 0.6 is 34.8 Å². The largest absolute Gasteiger partial charge is 0.481 e. The summed E-state index contributed by atoms with van der Waals surface area (Å²) < 4.78 is 4.93. The number of nitrogens with one attached hydrogen (secondary N) is 1. The highest BCUT2D eigenvalue weighted by Gasteiger charge is 2.13. The number of benzene rings is 1. The Labute approximate surface area is 129 Å². The van der Waals surface area contributed by atoms with Gasteiger partial charge in [-0.2, -0.15) is 4.98 Å². The number of amides is 1. The van der Waals surface area contributed by atoms with Gasteiger partial charge in [-0.05, 0) is 18.2 Å². The zero-order chi connectivity index (χ0) is 14.7. The Morgan fingerprint density at radius 3 is 2.60 bits per heavy atom. The fourth-order valence-corrected chi connectivity index (χ4v) is 2.07. The van der Waals surface area contributed by atoms with E-state index in [1.54, 1.807) is 6.07 Å². The van der Waals surface area contributed by atoms with E-state index >= 15 is 0 Å². The summed E-state index contributed by atoms with van der Waals surface area (Å²) in [4.78, 5) is 19.9. The van der Waals surface area contributed by atoms with E-state index < -0.39 is 5.91 Å². The minimum atomic E-state index is -0.476. The Morgan fingerprint density at radius 2 is 1.95 bits per heavy atom. The molecule has 1 heterocycles. The van der Waals surface area contributed by atoms with E-state index in [4.69, 9.17) is 39.5 Å². The lowest BCUT2D eigenvalue weighted by Crippen LogP contribution is -2.15. The van der Waals surface area contributed by atoms with Crippen molar-refractivity contribution < 1.29 is 9.53 Å². The summed E-state index contributed by atoms with van der Waals surface area (Å²) in [6.07, 6.45) is 0. The van der Waals surface area contributed by atoms with Gasteiger partial charge in [0.15, 0.2) is 0 Å². The summed E-state index contributed by atoms with van der Waals surface area (Å²) in [5, 5.41) is 3.29. The number of methoxy groups -OCH3 is 1. The van der Waals surface area contributed by atoms with Gasteiger partial charge in [0.1, 0.15) is 5.15 Å². The molecule has 0 saturated heterocycles. The van der Waals surface area contributed by atoms with Crippen molar-refractivity contribution in [2.75, 3.05) is 12.4 Å². The van der Waals surface area contributed by atoms with Gasteiger partial charge in [-0.25, -0.2) is 4.98 Å². The van der Waals surface area contributed by atoms with E-state index in [1.807, 2.05) is 0 Å². The molecule has 0 aliphatic rings. The number of ether oxygens (including phenoxy) is 1. The lowest BCUT2D eigenvalue weighted by molar-refractivity contribution is 0.102. The van der Waals surface area contributed by atoms with Crippen LogP contribution in [0.4, 0.5) is 5.95 Å². The lowest BCUT2D eigenvalue weighted by Gasteiger charge is -2.07. The maximum absolute atomic E-state index is 12.1. The first-order chi connectivity index (χ1) is 9.49. The number of carbonyl (C=O) groups is 1. The predicted molar refractivity (Wildman–Crippen MR) is 78.0 cm³/mol. The van der Waals surface area contributed by atoms with Crippen molar-refractivity contribution in [3.05, 3.63) is 45.0 Å². The van der Waals surface area contributed by atoms with Crippen molar-refractivity contribution in [1.29, 1.82) is 0 Å². The number of anilines is 1. The highest BCUT2D eigenvalue weighted by atomic mass is 35.5. The van der Waals surface area contributed by atoms with E-state index in [2.05, 4.69) is 15.3 Å². The van der Waals surface area contributed by atoms with Gasteiger partial charge in [0.05, 0.1) is 17.7 Å². The number of hydrogen-bond donors (Lipinski definition) is 1. The van der Waals surface area contributed by atoms with Gasteiger partial charge in [0.25, 0.3) is 5.91 Å². The number of rotatable bonds is 3. The van der Waals surface area contributed by atoms with Gasteiger partial charge < -0.3 is 4.74 Å².